The van der Waals surface area contributed by atoms with Crippen molar-refractivity contribution in [3.8, 4) is 0 Å². The van der Waals surface area contributed by atoms with E-state index < -0.39 is 15.8 Å². The second-order valence-electron chi connectivity index (χ2n) is 6.09. The molecule has 3 aromatic rings. The van der Waals surface area contributed by atoms with E-state index >= 15 is 0 Å². The summed E-state index contributed by atoms with van der Waals surface area (Å²) in [5.41, 5.74) is 2.54. The number of sulfonamides is 1. The van der Waals surface area contributed by atoms with Crippen molar-refractivity contribution in [2.75, 3.05) is 6.54 Å². The van der Waals surface area contributed by atoms with Crippen LogP contribution >= 0.6 is 0 Å². The van der Waals surface area contributed by atoms with Gasteiger partial charge in [0.2, 0.25) is 10.0 Å². The summed E-state index contributed by atoms with van der Waals surface area (Å²) in [5, 5.41) is 1.12. The molecule has 6 heteroatoms. The molecule has 0 saturated carbocycles. The van der Waals surface area contributed by atoms with Crippen LogP contribution in [0.15, 0.2) is 53.4 Å². The number of hydrogen-bond donors (Lipinski definition) is 0. The third kappa shape index (κ3) is 2.34. The van der Waals surface area contributed by atoms with Crippen molar-refractivity contribution in [2.45, 2.75) is 24.9 Å². The van der Waals surface area contributed by atoms with Crippen LogP contribution in [0, 0.1) is 12.7 Å². The van der Waals surface area contributed by atoms with Gasteiger partial charge in [0.25, 0.3) is 0 Å². The Kier molecular flexibility index (Phi) is 3.47. The first-order valence-corrected chi connectivity index (χ1v) is 9.24. The average molecular weight is 344 g/mol. The van der Waals surface area contributed by atoms with E-state index in [-0.39, 0.29) is 4.90 Å². The standard InChI is InChI=1S/C18H17FN2O2S/c1-13-10-15(19)6-7-18(13)24(22,23)20-8-9-21-16(12-20)11-14-4-2-3-5-17(14)21/h2-7,10-11H,8-9,12H2,1H3. The van der Waals surface area contributed by atoms with Crippen LogP contribution in [0.1, 0.15) is 11.3 Å². The zero-order chi connectivity index (χ0) is 16.9. The molecular formula is C18H17FN2O2S. The predicted octanol–water partition coefficient (Wildman–Crippen LogP) is 3.29. The zero-order valence-electron chi connectivity index (χ0n) is 13.2. The van der Waals surface area contributed by atoms with E-state index in [2.05, 4.69) is 4.57 Å². The van der Waals surface area contributed by atoms with E-state index in [4.69, 9.17) is 0 Å². The molecule has 0 aliphatic carbocycles. The van der Waals surface area contributed by atoms with Crippen LogP contribution in [-0.2, 0) is 23.1 Å². The van der Waals surface area contributed by atoms with Gasteiger partial charge in [-0.05, 0) is 48.2 Å². The molecule has 0 amide bonds. The fourth-order valence-corrected chi connectivity index (χ4v) is 4.99. The van der Waals surface area contributed by atoms with Gasteiger partial charge in [-0.15, -0.1) is 0 Å². The molecule has 4 rings (SSSR count). The third-order valence-corrected chi connectivity index (χ3v) is 6.57. The molecular weight excluding hydrogens is 327 g/mol. The Morgan fingerprint density at radius 3 is 2.62 bits per heavy atom. The normalized spacial score (nSPS) is 15.6. The van der Waals surface area contributed by atoms with Crippen LogP contribution in [0.3, 0.4) is 0 Å². The third-order valence-electron chi connectivity index (χ3n) is 4.56. The highest BCUT2D eigenvalue weighted by atomic mass is 32.2. The van der Waals surface area contributed by atoms with Crippen LogP contribution in [0.5, 0.6) is 0 Å². The van der Waals surface area contributed by atoms with E-state index in [9.17, 15) is 12.8 Å². The second-order valence-corrected chi connectivity index (χ2v) is 8.00. The molecule has 0 radical (unpaired) electrons. The number of fused-ring (bicyclic) bond motifs is 3. The smallest absolute Gasteiger partial charge is 0.243 e. The van der Waals surface area contributed by atoms with Crippen LogP contribution in [0.4, 0.5) is 4.39 Å². The lowest BCUT2D eigenvalue weighted by atomic mass is 10.2. The van der Waals surface area contributed by atoms with Gasteiger partial charge in [-0.25, -0.2) is 12.8 Å². The summed E-state index contributed by atoms with van der Waals surface area (Å²) in [6.45, 7) is 2.97. The summed E-state index contributed by atoms with van der Waals surface area (Å²) < 4.78 is 42.8. The molecule has 4 nitrogen and oxygen atoms in total. The number of nitrogens with zero attached hydrogens (tertiary/aromatic N) is 2. The molecule has 0 N–H and O–H groups in total. The Morgan fingerprint density at radius 2 is 1.83 bits per heavy atom. The van der Waals surface area contributed by atoms with Gasteiger partial charge >= 0.3 is 0 Å². The van der Waals surface area contributed by atoms with E-state index in [1.54, 1.807) is 6.92 Å². The largest absolute Gasteiger partial charge is 0.342 e. The summed E-state index contributed by atoms with van der Waals surface area (Å²) in [6.07, 6.45) is 0. The quantitative estimate of drug-likeness (QED) is 0.716. The Morgan fingerprint density at radius 1 is 1.04 bits per heavy atom. The molecule has 1 aromatic heterocycles. The highest BCUT2D eigenvalue weighted by Crippen LogP contribution is 2.28. The van der Waals surface area contributed by atoms with Crippen molar-refractivity contribution in [2.24, 2.45) is 0 Å². The highest BCUT2D eigenvalue weighted by molar-refractivity contribution is 7.89. The number of benzene rings is 2. The van der Waals surface area contributed by atoms with Gasteiger partial charge < -0.3 is 4.57 Å². The minimum absolute atomic E-state index is 0.175. The van der Waals surface area contributed by atoms with Gasteiger partial charge in [0, 0.05) is 24.3 Å². The number of aromatic nitrogens is 1. The SMILES string of the molecule is Cc1cc(F)ccc1S(=O)(=O)N1CCn2c(cc3ccccc32)C1. The minimum atomic E-state index is -3.64. The number of hydrogen-bond acceptors (Lipinski definition) is 2. The van der Waals surface area contributed by atoms with Crippen LogP contribution < -0.4 is 0 Å². The van der Waals surface area contributed by atoms with Gasteiger partial charge in [-0.1, -0.05) is 18.2 Å². The Bertz CT molecular complexity index is 1040. The first kappa shape index (κ1) is 15.4. The minimum Gasteiger partial charge on any atom is -0.342 e. The van der Waals surface area contributed by atoms with Crippen molar-refractivity contribution in [3.63, 3.8) is 0 Å². The zero-order valence-corrected chi connectivity index (χ0v) is 14.1. The van der Waals surface area contributed by atoms with Crippen molar-refractivity contribution in [1.29, 1.82) is 0 Å². The Labute approximate surface area is 140 Å². The van der Waals surface area contributed by atoms with Gasteiger partial charge in [-0.2, -0.15) is 4.31 Å². The fraction of sp³-hybridized carbons (Fsp3) is 0.222. The monoisotopic (exact) mass is 344 g/mol. The lowest BCUT2D eigenvalue weighted by Crippen LogP contribution is -2.38. The van der Waals surface area contributed by atoms with E-state index in [1.807, 2.05) is 30.3 Å². The van der Waals surface area contributed by atoms with Crippen LogP contribution in [0.2, 0.25) is 0 Å². The number of para-hydroxylation sites is 1. The summed E-state index contributed by atoms with van der Waals surface area (Å²) in [6, 6.07) is 13.9. The molecule has 1 aliphatic heterocycles. The molecule has 0 atom stereocenters. The average Bonchev–Trinajstić information content (AvgIpc) is 2.92. The molecule has 124 valence electrons. The van der Waals surface area contributed by atoms with Crippen LogP contribution in [0.25, 0.3) is 10.9 Å². The van der Waals surface area contributed by atoms with E-state index in [0.717, 1.165) is 16.6 Å². The topological polar surface area (TPSA) is 42.3 Å². The number of aryl methyl sites for hydroxylation is 1. The summed E-state index contributed by atoms with van der Waals surface area (Å²) in [5.74, 6) is -0.426. The lowest BCUT2D eigenvalue weighted by Gasteiger charge is -2.28. The summed E-state index contributed by atoms with van der Waals surface area (Å²) in [7, 11) is -3.64. The van der Waals surface area contributed by atoms with Crippen molar-refractivity contribution < 1.29 is 12.8 Å². The predicted molar refractivity (Wildman–Crippen MR) is 90.7 cm³/mol. The summed E-state index contributed by atoms with van der Waals surface area (Å²) >= 11 is 0. The molecule has 1 aliphatic rings. The van der Waals surface area contributed by atoms with E-state index in [1.165, 1.54) is 22.5 Å². The molecule has 0 saturated heterocycles. The maximum atomic E-state index is 13.3. The van der Waals surface area contributed by atoms with Gasteiger partial charge in [0.15, 0.2) is 0 Å². The van der Waals surface area contributed by atoms with Gasteiger partial charge in [0.1, 0.15) is 5.82 Å². The fourth-order valence-electron chi connectivity index (χ4n) is 3.38. The molecule has 24 heavy (non-hydrogen) atoms. The molecule has 0 spiro atoms. The van der Waals surface area contributed by atoms with Crippen molar-refractivity contribution in [3.05, 3.63) is 65.6 Å². The number of halogens is 1. The van der Waals surface area contributed by atoms with Crippen molar-refractivity contribution in [1.82, 2.24) is 8.87 Å². The Balaban J connectivity index is 1.73. The molecule has 0 bridgehead atoms. The Hall–Kier alpha value is -2.18. The maximum absolute atomic E-state index is 13.3. The maximum Gasteiger partial charge on any atom is 0.243 e. The molecule has 2 aromatic carbocycles. The van der Waals surface area contributed by atoms with Crippen LogP contribution in [-0.4, -0.2) is 23.8 Å². The summed E-state index contributed by atoms with van der Waals surface area (Å²) in [4.78, 5) is 0.175. The molecule has 0 unspecified atom stereocenters. The second kappa shape index (κ2) is 5.43. The van der Waals surface area contributed by atoms with Gasteiger partial charge in [0.05, 0.1) is 11.4 Å². The highest BCUT2D eigenvalue weighted by Gasteiger charge is 2.30. The van der Waals surface area contributed by atoms with Crippen molar-refractivity contribution >= 4 is 20.9 Å². The van der Waals surface area contributed by atoms with E-state index in [0.29, 0.717) is 25.2 Å². The first-order valence-electron chi connectivity index (χ1n) is 7.80. The molecule has 2 heterocycles. The first-order chi connectivity index (χ1) is 11.5. The molecule has 0 fully saturated rings. The van der Waals surface area contributed by atoms with Gasteiger partial charge in [-0.3, -0.25) is 0 Å². The lowest BCUT2D eigenvalue weighted by molar-refractivity contribution is 0.345. The number of rotatable bonds is 2.